The van der Waals surface area contributed by atoms with E-state index in [2.05, 4.69) is 4.74 Å². The summed E-state index contributed by atoms with van der Waals surface area (Å²) in [5, 5.41) is 0. The first-order chi connectivity index (χ1) is 15.7. The molecule has 2 aromatic rings. The van der Waals surface area contributed by atoms with Crippen LogP contribution in [0.3, 0.4) is 0 Å². The van der Waals surface area contributed by atoms with Crippen LogP contribution < -0.4 is 4.74 Å². The van der Waals surface area contributed by atoms with Gasteiger partial charge in [0.2, 0.25) is 0 Å². The second kappa shape index (κ2) is 10.4. The molecule has 7 nitrogen and oxygen atoms in total. The summed E-state index contributed by atoms with van der Waals surface area (Å²) in [5.41, 5.74) is -1.02. The van der Waals surface area contributed by atoms with E-state index in [0.717, 1.165) is 6.07 Å². The molecule has 3 rings (SSSR count). The minimum Gasteiger partial charge on any atom is -0.434 e. The summed E-state index contributed by atoms with van der Waals surface area (Å²) in [6, 6.07) is 10.6. The number of rotatable bonds is 4. The van der Waals surface area contributed by atoms with Gasteiger partial charge < -0.3 is 19.3 Å². The zero-order valence-corrected chi connectivity index (χ0v) is 17.9. The summed E-state index contributed by atoms with van der Waals surface area (Å²) in [4.78, 5) is 39.9. The van der Waals surface area contributed by atoms with Crippen molar-refractivity contribution < 1.29 is 37.0 Å². The molecule has 0 atom stereocenters. The second-order valence-electron chi connectivity index (χ2n) is 7.29. The molecule has 1 saturated heterocycles. The molecule has 2 amide bonds. The molecule has 0 aromatic heterocycles. The molecule has 33 heavy (non-hydrogen) atoms. The Morgan fingerprint density at radius 3 is 2.09 bits per heavy atom. The maximum Gasteiger partial charge on any atom is 0.513 e. The molecule has 1 heterocycles. The molecular weight excluding hydrogens is 441 g/mol. The minimum atomic E-state index is -4.64. The molecule has 0 bridgehead atoms. The van der Waals surface area contributed by atoms with Gasteiger partial charge in [0.15, 0.2) is 0 Å². The Morgan fingerprint density at radius 2 is 1.48 bits per heavy atom. The molecule has 1 aliphatic rings. The lowest BCUT2D eigenvalue weighted by molar-refractivity contribution is -0.138. The number of hydrogen-bond donors (Lipinski definition) is 0. The Balaban J connectivity index is 1.65. The van der Waals surface area contributed by atoms with Crippen molar-refractivity contribution in [1.29, 1.82) is 0 Å². The third kappa shape index (κ3) is 6.03. The Morgan fingerprint density at radius 1 is 0.879 bits per heavy atom. The standard InChI is InChI=1S/C23H23F3N2O5/c1-2-32-22(31)33-17-10-8-16(9-11-17)20(29)27-12-5-13-28(15-14-27)21(30)18-6-3-4-7-19(18)23(24,25)26/h3-4,6-11H,2,5,12-15H2,1H3. The van der Waals surface area contributed by atoms with Gasteiger partial charge >= 0.3 is 12.3 Å². The highest BCUT2D eigenvalue weighted by atomic mass is 19.4. The van der Waals surface area contributed by atoms with Crippen LogP contribution in [0.15, 0.2) is 48.5 Å². The molecule has 0 radical (unpaired) electrons. The maximum atomic E-state index is 13.3. The molecule has 0 spiro atoms. The highest BCUT2D eigenvalue weighted by Gasteiger charge is 2.36. The van der Waals surface area contributed by atoms with Crippen LogP contribution >= 0.6 is 0 Å². The van der Waals surface area contributed by atoms with Crippen molar-refractivity contribution in [2.45, 2.75) is 19.5 Å². The molecule has 10 heteroatoms. The number of alkyl halides is 3. The Hall–Kier alpha value is -3.56. The van der Waals surface area contributed by atoms with Crippen LogP contribution in [0.1, 0.15) is 39.6 Å². The monoisotopic (exact) mass is 464 g/mol. The van der Waals surface area contributed by atoms with Crippen molar-refractivity contribution in [1.82, 2.24) is 9.80 Å². The molecule has 176 valence electrons. The molecular formula is C23H23F3N2O5. The molecule has 2 aromatic carbocycles. The lowest BCUT2D eigenvalue weighted by Crippen LogP contribution is -2.38. The van der Waals surface area contributed by atoms with E-state index in [-0.39, 0.29) is 37.9 Å². The van der Waals surface area contributed by atoms with Gasteiger partial charge in [-0.25, -0.2) is 4.79 Å². The number of amides is 2. The highest BCUT2D eigenvalue weighted by molar-refractivity contribution is 5.96. The number of halogens is 3. The molecule has 1 fully saturated rings. The fourth-order valence-electron chi connectivity index (χ4n) is 3.50. The lowest BCUT2D eigenvalue weighted by atomic mass is 10.1. The first-order valence-electron chi connectivity index (χ1n) is 10.4. The number of hydrogen-bond acceptors (Lipinski definition) is 5. The summed E-state index contributed by atoms with van der Waals surface area (Å²) < 4.78 is 49.5. The zero-order chi connectivity index (χ0) is 24.0. The number of ether oxygens (including phenoxy) is 2. The Bertz CT molecular complexity index is 1010. The van der Waals surface area contributed by atoms with E-state index in [0.29, 0.717) is 18.5 Å². The Kier molecular flexibility index (Phi) is 7.57. The van der Waals surface area contributed by atoms with E-state index in [4.69, 9.17) is 4.74 Å². The summed E-state index contributed by atoms with van der Waals surface area (Å²) in [5.74, 6) is -0.777. The number of benzene rings is 2. The van der Waals surface area contributed by atoms with Crippen LogP contribution in [0.2, 0.25) is 0 Å². The predicted molar refractivity (Wildman–Crippen MR) is 112 cm³/mol. The summed E-state index contributed by atoms with van der Waals surface area (Å²) >= 11 is 0. The van der Waals surface area contributed by atoms with Crippen molar-refractivity contribution in [3.05, 3.63) is 65.2 Å². The van der Waals surface area contributed by atoms with Crippen LogP contribution in [0.4, 0.5) is 18.0 Å². The third-order valence-corrected chi connectivity index (χ3v) is 5.10. The van der Waals surface area contributed by atoms with Gasteiger partial charge in [0.05, 0.1) is 17.7 Å². The first-order valence-corrected chi connectivity index (χ1v) is 10.4. The van der Waals surface area contributed by atoms with E-state index in [9.17, 15) is 27.6 Å². The molecule has 0 N–H and O–H groups in total. The fourth-order valence-corrected chi connectivity index (χ4v) is 3.50. The van der Waals surface area contributed by atoms with Crippen LogP contribution in [0.5, 0.6) is 5.75 Å². The van der Waals surface area contributed by atoms with Gasteiger partial charge in [0, 0.05) is 31.7 Å². The van der Waals surface area contributed by atoms with Crippen LogP contribution in [0, 0.1) is 0 Å². The average Bonchev–Trinajstić information content (AvgIpc) is 3.04. The molecule has 1 aliphatic heterocycles. The van der Waals surface area contributed by atoms with Gasteiger partial charge in [-0.15, -0.1) is 0 Å². The number of carbonyl (C=O) groups is 3. The quantitative estimate of drug-likeness (QED) is 0.500. The van der Waals surface area contributed by atoms with Gasteiger partial charge in [-0.2, -0.15) is 13.2 Å². The predicted octanol–water partition coefficient (Wildman–Crippen LogP) is 4.23. The second-order valence-corrected chi connectivity index (χ2v) is 7.29. The zero-order valence-electron chi connectivity index (χ0n) is 17.9. The van der Waals surface area contributed by atoms with Gasteiger partial charge in [-0.1, -0.05) is 12.1 Å². The van der Waals surface area contributed by atoms with E-state index in [1.54, 1.807) is 11.8 Å². The van der Waals surface area contributed by atoms with E-state index in [1.165, 1.54) is 47.4 Å². The SMILES string of the molecule is CCOC(=O)Oc1ccc(C(=O)N2CCCN(C(=O)c3ccccc3C(F)(F)F)CC2)cc1. The van der Waals surface area contributed by atoms with E-state index < -0.39 is 29.4 Å². The fraction of sp³-hybridized carbons (Fsp3) is 0.348. The smallest absolute Gasteiger partial charge is 0.434 e. The molecule has 0 unspecified atom stereocenters. The summed E-state index contributed by atoms with van der Waals surface area (Å²) in [6.07, 6.45) is -5.06. The topological polar surface area (TPSA) is 76.2 Å². The molecule has 0 saturated carbocycles. The van der Waals surface area contributed by atoms with Gasteiger partial charge in [0.1, 0.15) is 5.75 Å². The van der Waals surface area contributed by atoms with Crippen molar-refractivity contribution in [2.24, 2.45) is 0 Å². The van der Waals surface area contributed by atoms with Crippen LogP contribution in [-0.2, 0) is 10.9 Å². The lowest BCUT2D eigenvalue weighted by Gasteiger charge is -2.23. The number of carbonyl (C=O) groups excluding carboxylic acids is 3. The molecule has 0 aliphatic carbocycles. The van der Waals surface area contributed by atoms with Crippen molar-refractivity contribution in [3.63, 3.8) is 0 Å². The van der Waals surface area contributed by atoms with Crippen LogP contribution in [0.25, 0.3) is 0 Å². The van der Waals surface area contributed by atoms with Gasteiger partial charge in [-0.3, -0.25) is 9.59 Å². The average molecular weight is 464 g/mol. The number of nitrogens with zero attached hydrogens (tertiary/aromatic N) is 2. The van der Waals surface area contributed by atoms with Crippen molar-refractivity contribution in [3.8, 4) is 5.75 Å². The minimum absolute atomic E-state index is 0.112. The summed E-state index contributed by atoms with van der Waals surface area (Å²) in [6.45, 7) is 2.70. The van der Waals surface area contributed by atoms with E-state index >= 15 is 0 Å². The van der Waals surface area contributed by atoms with Gasteiger partial charge in [-0.05, 0) is 49.7 Å². The highest BCUT2D eigenvalue weighted by Crippen LogP contribution is 2.32. The summed E-state index contributed by atoms with van der Waals surface area (Å²) in [7, 11) is 0. The van der Waals surface area contributed by atoms with Crippen LogP contribution in [-0.4, -0.2) is 60.6 Å². The van der Waals surface area contributed by atoms with Crippen molar-refractivity contribution >= 4 is 18.0 Å². The van der Waals surface area contributed by atoms with Crippen molar-refractivity contribution in [2.75, 3.05) is 32.8 Å². The first kappa shape index (κ1) is 24.1. The maximum absolute atomic E-state index is 13.3. The Labute approximate surface area is 188 Å². The largest absolute Gasteiger partial charge is 0.513 e. The van der Waals surface area contributed by atoms with Gasteiger partial charge in [0.25, 0.3) is 11.8 Å². The normalized spacial score (nSPS) is 14.4. The van der Waals surface area contributed by atoms with E-state index in [1.807, 2.05) is 0 Å². The third-order valence-electron chi connectivity index (χ3n) is 5.10.